The van der Waals surface area contributed by atoms with E-state index in [1.807, 2.05) is 0 Å². The molecule has 1 atom stereocenters. The number of ether oxygens (including phenoxy) is 1. The minimum absolute atomic E-state index is 0.0141. The topological polar surface area (TPSA) is 130 Å². The predicted octanol–water partition coefficient (Wildman–Crippen LogP) is 4.73. The molecule has 1 aliphatic rings. The second-order valence-corrected chi connectivity index (χ2v) is 10.5. The molecule has 1 aliphatic heterocycles. The van der Waals surface area contributed by atoms with Crippen LogP contribution >= 0.6 is 11.6 Å². The van der Waals surface area contributed by atoms with Crippen molar-refractivity contribution in [3.8, 4) is 5.75 Å². The molecule has 10 nitrogen and oxygen atoms in total. The molecule has 0 bridgehead atoms. The van der Waals surface area contributed by atoms with Crippen molar-refractivity contribution < 1.29 is 17.5 Å². The van der Waals surface area contributed by atoms with Gasteiger partial charge in [-0.2, -0.15) is 0 Å². The van der Waals surface area contributed by atoms with Crippen LogP contribution in [0.4, 0.5) is 16.0 Å². The average Bonchev–Trinajstić information content (AvgIpc) is 2.92. The quantitative estimate of drug-likeness (QED) is 0.237. The van der Waals surface area contributed by atoms with E-state index in [9.17, 15) is 12.8 Å². The Kier molecular flexibility index (Phi) is 9.23. The summed E-state index contributed by atoms with van der Waals surface area (Å²) in [6.45, 7) is 7.09. The SMILES string of the molecule is C=N/C(=C(\N=C/C)Oc1ccc(NS(=O)(=O)c2ccccc2Cl)c(F)c1)c1ccnc(N[C@H]2CCCNC2)n1. The maximum Gasteiger partial charge on any atom is 0.263 e. The number of nitrogens with zero attached hydrogens (tertiary/aromatic N) is 4. The van der Waals surface area contributed by atoms with Gasteiger partial charge in [-0.25, -0.2) is 27.8 Å². The zero-order valence-corrected chi connectivity index (χ0v) is 22.6. The molecule has 3 aromatic rings. The number of nitrogens with one attached hydrogen (secondary N) is 3. The number of hydrogen-bond acceptors (Lipinski definition) is 9. The van der Waals surface area contributed by atoms with Crippen molar-refractivity contribution in [2.45, 2.75) is 30.7 Å². The van der Waals surface area contributed by atoms with Crippen molar-refractivity contribution in [2.24, 2.45) is 9.98 Å². The van der Waals surface area contributed by atoms with Crippen LogP contribution in [0.2, 0.25) is 5.02 Å². The molecule has 0 radical (unpaired) electrons. The van der Waals surface area contributed by atoms with Gasteiger partial charge in [-0.05, 0) is 63.4 Å². The molecule has 13 heteroatoms. The van der Waals surface area contributed by atoms with Gasteiger partial charge in [0.15, 0.2) is 11.5 Å². The van der Waals surface area contributed by atoms with E-state index in [4.69, 9.17) is 16.3 Å². The van der Waals surface area contributed by atoms with Gasteiger partial charge in [0.05, 0.1) is 16.4 Å². The molecule has 3 N–H and O–H groups in total. The zero-order chi connectivity index (χ0) is 27.8. The summed E-state index contributed by atoms with van der Waals surface area (Å²) >= 11 is 6.00. The number of piperidine rings is 1. The van der Waals surface area contributed by atoms with Crippen molar-refractivity contribution in [3.05, 3.63) is 77.1 Å². The Balaban J connectivity index is 1.58. The first-order valence-corrected chi connectivity index (χ1v) is 13.9. The molecule has 2 aromatic carbocycles. The summed E-state index contributed by atoms with van der Waals surface area (Å²) in [6.07, 6.45) is 5.11. The van der Waals surface area contributed by atoms with E-state index >= 15 is 0 Å². The highest BCUT2D eigenvalue weighted by atomic mass is 35.5. The Labute approximate surface area is 231 Å². The third kappa shape index (κ3) is 7.16. The number of aromatic nitrogens is 2. The minimum atomic E-state index is -4.12. The molecule has 0 amide bonds. The maximum atomic E-state index is 15.0. The van der Waals surface area contributed by atoms with Gasteiger partial charge in [0, 0.05) is 31.1 Å². The van der Waals surface area contributed by atoms with Crippen molar-refractivity contribution in [2.75, 3.05) is 23.1 Å². The van der Waals surface area contributed by atoms with Crippen LogP contribution in [-0.4, -0.2) is 50.4 Å². The summed E-state index contributed by atoms with van der Waals surface area (Å²) in [4.78, 5) is 16.9. The first-order chi connectivity index (χ1) is 18.8. The molecule has 1 saturated heterocycles. The van der Waals surface area contributed by atoms with Crippen molar-refractivity contribution in [3.63, 3.8) is 0 Å². The highest BCUT2D eigenvalue weighted by Gasteiger charge is 2.20. The summed E-state index contributed by atoms with van der Waals surface area (Å²) in [6, 6.07) is 11.3. The first kappa shape index (κ1) is 28.1. The number of hydrogen-bond donors (Lipinski definition) is 3. The fourth-order valence-corrected chi connectivity index (χ4v) is 5.43. The lowest BCUT2D eigenvalue weighted by atomic mass is 10.1. The smallest absolute Gasteiger partial charge is 0.263 e. The molecular formula is C26H27ClFN7O3S. The largest absolute Gasteiger partial charge is 0.437 e. The lowest BCUT2D eigenvalue weighted by Gasteiger charge is -2.23. The number of aliphatic imine (C=N–C) groups is 2. The second kappa shape index (κ2) is 12.8. The van der Waals surface area contributed by atoms with Gasteiger partial charge in [-0.1, -0.05) is 23.7 Å². The van der Waals surface area contributed by atoms with Gasteiger partial charge >= 0.3 is 0 Å². The molecule has 0 unspecified atom stereocenters. The monoisotopic (exact) mass is 571 g/mol. The predicted molar refractivity (Wildman–Crippen MR) is 151 cm³/mol. The molecule has 4 rings (SSSR count). The third-order valence-corrected chi connectivity index (χ3v) is 7.53. The molecule has 0 spiro atoms. The van der Waals surface area contributed by atoms with Crippen LogP contribution in [0.5, 0.6) is 5.75 Å². The Morgan fingerprint density at radius 1 is 1.28 bits per heavy atom. The van der Waals surface area contributed by atoms with Crippen molar-refractivity contribution >= 4 is 51.9 Å². The Morgan fingerprint density at radius 2 is 2.10 bits per heavy atom. The summed E-state index contributed by atoms with van der Waals surface area (Å²) in [5.74, 6) is -0.384. The first-order valence-electron chi connectivity index (χ1n) is 12.1. The van der Waals surface area contributed by atoms with Gasteiger partial charge in [0.1, 0.15) is 10.6 Å². The summed E-state index contributed by atoms with van der Waals surface area (Å²) in [7, 11) is -4.12. The number of halogens is 2. The molecule has 1 aromatic heterocycles. The highest BCUT2D eigenvalue weighted by Crippen LogP contribution is 2.29. The maximum absolute atomic E-state index is 15.0. The van der Waals surface area contributed by atoms with Crippen molar-refractivity contribution in [1.29, 1.82) is 0 Å². The van der Waals surface area contributed by atoms with E-state index in [1.165, 1.54) is 36.5 Å². The molecule has 2 heterocycles. The van der Waals surface area contributed by atoms with Gasteiger partial charge in [0.2, 0.25) is 11.8 Å². The normalized spacial score (nSPS) is 16.4. The Morgan fingerprint density at radius 3 is 2.79 bits per heavy atom. The van der Waals surface area contributed by atoms with Crippen LogP contribution < -0.4 is 20.1 Å². The van der Waals surface area contributed by atoms with E-state index in [0.717, 1.165) is 32.0 Å². The fraction of sp³-hybridized carbons (Fsp3) is 0.231. The van der Waals surface area contributed by atoms with E-state index in [-0.39, 0.29) is 39.0 Å². The van der Waals surface area contributed by atoms with Crippen LogP contribution in [0, 0.1) is 5.82 Å². The Bertz CT molecular complexity index is 1510. The van der Waals surface area contributed by atoms with Crippen LogP contribution in [-0.2, 0) is 10.0 Å². The molecular weight excluding hydrogens is 545 g/mol. The van der Waals surface area contributed by atoms with Gasteiger partial charge in [-0.3, -0.25) is 9.71 Å². The molecule has 39 heavy (non-hydrogen) atoms. The van der Waals surface area contributed by atoms with E-state index in [1.54, 1.807) is 25.3 Å². The van der Waals surface area contributed by atoms with Crippen LogP contribution in [0.25, 0.3) is 5.70 Å². The van der Waals surface area contributed by atoms with Gasteiger partial charge in [-0.15, -0.1) is 0 Å². The van der Waals surface area contributed by atoms with E-state index in [0.29, 0.717) is 11.6 Å². The average molecular weight is 572 g/mol. The highest BCUT2D eigenvalue weighted by molar-refractivity contribution is 7.92. The summed E-state index contributed by atoms with van der Waals surface area (Å²) < 4.78 is 48.4. The lowest BCUT2D eigenvalue weighted by Crippen LogP contribution is -2.38. The molecule has 204 valence electrons. The summed E-state index contributed by atoms with van der Waals surface area (Å²) in [5.41, 5.74) is 0.332. The van der Waals surface area contributed by atoms with Crippen LogP contribution in [0.15, 0.2) is 75.5 Å². The number of rotatable bonds is 10. The third-order valence-electron chi connectivity index (χ3n) is 5.66. The van der Waals surface area contributed by atoms with E-state index < -0.39 is 15.8 Å². The fourth-order valence-electron chi connectivity index (χ4n) is 3.85. The van der Waals surface area contributed by atoms with E-state index in [2.05, 4.69) is 42.0 Å². The number of anilines is 2. The van der Waals surface area contributed by atoms with Crippen LogP contribution in [0.1, 0.15) is 25.5 Å². The number of sulfonamides is 1. The van der Waals surface area contributed by atoms with Gasteiger partial charge in [0.25, 0.3) is 10.0 Å². The van der Waals surface area contributed by atoms with Crippen LogP contribution in [0.3, 0.4) is 0 Å². The minimum Gasteiger partial charge on any atom is -0.437 e. The molecule has 1 fully saturated rings. The zero-order valence-electron chi connectivity index (χ0n) is 21.1. The van der Waals surface area contributed by atoms with Gasteiger partial charge < -0.3 is 15.4 Å². The molecule has 0 saturated carbocycles. The lowest BCUT2D eigenvalue weighted by molar-refractivity contribution is 0.420. The second-order valence-electron chi connectivity index (χ2n) is 8.43. The van der Waals surface area contributed by atoms with Crippen molar-refractivity contribution in [1.82, 2.24) is 15.3 Å². The summed E-state index contributed by atoms with van der Waals surface area (Å²) in [5, 5.41) is 6.65. The Hall–Kier alpha value is -3.87. The standard InChI is InChI=1S/C26H27ClFN7O3S/c1-3-31-25(24(29-2)22-12-14-32-26(34-22)33-17-7-6-13-30-16-17)38-18-10-11-21(20(28)15-18)35-39(36,37)23-9-5-4-8-19(23)27/h3-5,8-12,14-15,17,30,35H,2,6-7,13,16H2,1H3,(H,32,33,34)/b25-24+,31-3-/t17-/m0/s1. The number of benzene rings is 2. The molecule has 0 aliphatic carbocycles.